The number of hydrogen-bond acceptors (Lipinski definition) is 5. The van der Waals surface area contributed by atoms with Crippen LogP contribution in [-0.2, 0) is 0 Å². The maximum Gasteiger partial charge on any atom is 0.165 e. The van der Waals surface area contributed by atoms with Gasteiger partial charge < -0.3 is 0 Å². The van der Waals surface area contributed by atoms with Crippen molar-refractivity contribution < 1.29 is 0 Å². The lowest BCUT2D eigenvalue weighted by Crippen LogP contribution is -2.00. The Labute approximate surface area is 311 Å². The van der Waals surface area contributed by atoms with E-state index in [-0.39, 0.29) is 0 Å². The molecule has 0 saturated heterocycles. The molecular formula is C49H31N5. The predicted octanol–water partition coefficient (Wildman–Crippen LogP) is 12.2. The summed E-state index contributed by atoms with van der Waals surface area (Å²) in [7, 11) is 0. The van der Waals surface area contributed by atoms with Gasteiger partial charge in [-0.15, -0.1) is 0 Å². The van der Waals surface area contributed by atoms with Crippen LogP contribution in [0, 0.1) is 0 Å². The second kappa shape index (κ2) is 13.3. The number of pyridine rings is 2. The fraction of sp³-hybridized carbons (Fsp3) is 0. The van der Waals surface area contributed by atoms with Crippen LogP contribution in [0.15, 0.2) is 189 Å². The fourth-order valence-electron chi connectivity index (χ4n) is 7.56. The zero-order valence-corrected chi connectivity index (χ0v) is 29.1. The van der Waals surface area contributed by atoms with Gasteiger partial charge in [-0.2, -0.15) is 0 Å². The van der Waals surface area contributed by atoms with Gasteiger partial charge in [-0.05, 0) is 89.3 Å². The van der Waals surface area contributed by atoms with Gasteiger partial charge in [0.25, 0.3) is 0 Å². The second-order valence-corrected chi connectivity index (χ2v) is 13.3. The van der Waals surface area contributed by atoms with Gasteiger partial charge in [-0.3, -0.25) is 9.97 Å². The molecule has 0 atom stereocenters. The molecule has 252 valence electrons. The van der Waals surface area contributed by atoms with Crippen molar-refractivity contribution >= 4 is 53.9 Å². The number of hydrogen-bond donors (Lipinski definition) is 0. The summed E-state index contributed by atoms with van der Waals surface area (Å²) in [6, 6.07) is 57.7. The first kappa shape index (κ1) is 31.4. The van der Waals surface area contributed by atoms with E-state index in [1.807, 2.05) is 24.4 Å². The van der Waals surface area contributed by atoms with Crippen molar-refractivity contribution in [2.24, 2.45) is 0 Å². The van der Waals surface area contributed by atoms with Gasteiger partial charge in [0.15, 0.2) is 17.5 Å². The van der Waals surface area contributed by atoms with Gasteiger partial charge in [-0.1, -0.05) is 140 Å². The number of fused-ring (bicyclic) bond motifs is 10. The first-order valence-corrected chi connectivity index (χ1v) is 18.0. The lowest BCUT2D eigenvalue weighted by Gasteiger charge is -2.12. The van der Waals surface area contributed by atoms with Crippen molar-refractivity contribution in [3.8, 4) is 45.3 Å². The molecule has 0 radical (unpaired) electrons. The summed E-state index contributed by atoms with van der Waals surface area (Å²) in [4.78, 5) is 23.9. The SMILES string of the molecule is c1cncc(-c2ccc(-c3nc(-c4cccnc4)nc(-c4ccc5c6ccccc6c6ccccc6c6ccccc6c6ccccc6c5c4)n3)cc2)c1. The lowest BCUT2D eigenvalue weighted by atomic mass is 9.94. The molecule has 54 heavy (non-hydrogen) atoms. The molecular weight excluding hydrogens is 659 g/mol. The number of benzene rings is 6. The van der Waals surface area contributed by atoms with Gasteiger partial charge in [0, 0.05) is 41.5 Å². The van der Waals surface area contributed by atoms with Crippen LogP contribution >= 0.6 is 0 Å². The molecule has 7 aromatic carbocycles. The van der Waals surface area contributed by atoms with Gasteiger partial charge >= 0.3 is 0 Å². The first-order chi connectivity index (χ1) is 26.8. The van der Waals surface area contributed by atoms with Crippen molar-refractivity contribution in [3.05, 3.63) is 189 Å². The molecule has 0 aliphatic heterocycles. The van der Waals surface area contributed by atoms with E-state index in [0.717, 1.165) is 44.0 Å². The van der Waals surface area contributed by atoms with E-state index < -0.39 is 0 Å². The Hall–Kier alpha value is -7.37. The van der Waals surface area contributed by atoms with Crippen molar-refractivity contribution in [1.82, 2.24) is 24.9 Å². The van der Waals surface area contributed by atoms with Crippen molar-refractivity contribution in [1.29, 1.82) is 0 Å². The average Bonchev–Trinajstić information content (AvgIpc) is 3.26. The monoisotopic (exact) mass is 689 g/mol. The highest BCUT2D eigenvalue weighted by molar-refractivity contribution is 6.26. The molecule has 0 N–H and O–H groups in total. The third kappa shape index (κ3) is 5.56. The topological polar surface area (TPSA) is 64.5 Å². The Morgan fingerprint density at radius 2 is 0.593 bits per heavy atom. The van der Waals surface area contributed by atoms with E-state index in [9.17, 15) is 0 Å². The minimum absolute atomic E-state index is 0.566. The third-order valence-corrected chi connectivity index (χ3v) is 10.1. The zero-order valence-electron chi connectivity index (χ0n) is 29.1. The van der Waals surface area contributed by atoms with Crippen LogP contribution < -0.4 is 0 Å². The van der Waals surface area contributed by atoms with Crippen molar-refractivity contribution in [2.75, 3.05) is 0 Å². The van der Waals surface area contributed by atoms with E-state index in [4.69, 9.17) is 15.0 Å². The lowest BCUT2D eigenvalue weighted by molar-refractivity contribution is 1.07. The summed E-state index contributed by atoms with van der Waals surface area (Å²) in [5.74, 6) is 1.75. The zero-order chi connectivity index (χ0) is 35.8. The molecule has 10 aromatic rings. The van der Waals surface area contributed by atoms with Crippen LogP contribution in [0.25, 0.3) is 99.2 Å². The van der Waals surface area contributed by atoms with Crippen LogP contribution in [0.4, 0.5) is 0 Å². The molecule has 3 heterocycles. The summed E-state index contributed by atoms with van der Waals surface area (Å²) in [6.45, 7) is 0. The van der Waals surface area contributed by atoms with E-state index in [1.165, 1.54) is 37.7 Å². The van der Waals surface area contributed by atoms with Crippen LogP contribution in [-0.4, -0.2) is 24.9 Å². The van der Waals surface area contributed by atoms with Gasteiger partial charge in [0.1, 0.15) is 0 Å². The van der Waals surface area contributed by atoms with Crippen molar-refractivity contribution in [3.63, 3.8) is 0 Å². The summed E-state index contributed by atoms with van der Waals surface area (Å²) in [5.41, 5.74) is 4.74. The highest BCUT2D eigenvalue weighted by Crippen LogP contribution is 2.37. The Kier molecular flexibility index (Phi) is 7.73. The molecule has 10 rings (SSSR count). The maximum absolute atomic E-state index is 5.14. The summed E-state index contributed by atoms with van der Waals surface area (Å²) in [6.07, 6.45) is 7.21. The second-order valence-electron chi connectivity index (χ2n) is 13.3. The molecule has 5 heteroatoms. The number of rotatable bonds is 4. The molecule has 0 amide bonds. The molecule has 0 saturated carbocycles. The molecule has 3 aromatic heterocycles. The standard InChI is InChI=1S/C49H31N5/c1-2-15-39-37(13-1)38-14-3-4-16-40(38)42-18-7-8-20-44(42)46-29-34(25-26-45(46)43-19-6-5-17-41(39)43)48-52-47(53-49(54-48)36-12-10-28-51-31-36)33-23-21-32(22-24-33)35-11-9-27-50-30-35/h1-31H. The van der Waals surface area contributed by atoms with E-state index in [1.54, 1.807) is 18.6 Å². The Bertz CT molecular complexity index is 3010. The first-order valence-electron chi connectivity index (χ1n) is 18.0. The number of nitrogens with zero attached hydrogens (tertiary/aromatic N) is 5. The minimum atomic E-state index is 0.566. The third-order valence-electron chi connectivity index (χ3n) is 10.1. The van der Waals surface area contributed by atoms with Crippen LogP contribution in [0.2, 0.25) is 0 Å². The van der Waals surface area contributed by atoms with Gasteiger partial charge in [-0.25, -0.2) is 15.0 Å². The van der Waals surface area contributed by atoms with Crippen LogP contribution in [0.3, 0.4) is 0 Å². The molecule has 0 unspecified atom stereocenters. The molecule has 0 aliphatic rings. The quantitative estimate of drug-likeness (QED) is 0.184. The van der Waals surface area contributed by atoms with E-state index in [0.29, 0.717) is 17.5 Å². The summed E-state index contributed by atoms with van der Waals surface area (Å²) >= 11 is 0. The largest absolute Gasteiger partial charge is 0.264 e. The highest BCUT2D eigenvalue weighted by Gasteiger charge is 2.15. The fourth-order valence-corrected chi connectivity index (χ4v) is 7.56. The van der Waals surface area contributed by atoms with E-state index in [2.05, 4.69) is 156 Å². The van der Waals surface area contributed by atoms with Gasteiger partial charge in [0.05, 0.1) is 0 Å². The van der Waals surface area contributed by atoms with Crippen molar-refractivity contribution in [2.45, 2.75) is 0 Å². The molecule has 0 fully saturated rings. The van der Waals surface area contributed by atoms with Gasteiger partial charge in [0.2, 0.25) is 0 Å². The Balaban J connectivity index is 1.28. The van der Waals surface area contributed by atoms with Crippen LogP contribution in [0.1, 0.15) is 0 Å². The average molecular weight is 690 g/mol. The highest BCUT2D eigenvalue weighted by atomic mass is 15.0. The normalized spacial score (nSPS) is 11.3. The number of aromatic nitrogens is 5. The van der Waals surface area contributed by atoms with Crippen LogP contribution in [0.5, 0.6) is 0 Å². The molecule has 0 spiro atoms. The molecule has 5 nitrogen and oxygen atoms in total. The van der Waals surface area contributed by atoms with E-state index >= 15 is 0 Å². The maximum atomic E-state index is 5.14. The molecule has 0 bridgehead atoms. The minimum Gasteiger partial charge on any atom is -0.264 e. The smallest absolute Gasteiger partial charge is 0.165 e. The molecule has 0 aliphatic carbocycles. The Morgan fingerprint density at radius 3 is 1.04 bits per heavy atom. The predicted molar refractivity (Wildman–Crippen MR) is 222 cm³/mol. The Morgan fingerprint density at radius 1 is 0.241 bits per heavy atom. The summed E-state index contributed by atoms with van der Waals surface area (Å²) < 4.78 is 0. The summed E-state index contributed by atoms with van der Waals surface area (Å²) in [5, 5.41) is 11.7.